The molecule has 0 saturated carbocycles. The number of amides is 1. The van der Waals surface area contributed by atoms with Crippen LogP contribution in [-0.2, 0) is 10.0 Å². The Labute approximate surface area is 154 Å². The van der Waals surface area contributed by atoms with E-state index in [1.54, 1.807) is 30.3 Å². The molecule has 2 aromatic rings. The molecule has 0 bridgehead atoms. The van der Waals surface area contributed by atoms with Gasteiger partial charge in [0, 0.05) is 17.8 Å². The van der Waals surface area contributed by atoms with Crippen molar-refractivity contribution < 1.29 is 17.9 Å². The van der Waals surface area contributed by atoms with Gasteiger partial charge in [-0.15, -0.1) is 0 Å². The zero-order valence-electron chi connectivity index (χ0n) is 15.0. The third-order valence-corrected chi connectivity index (χ3v) is 5.04. The van der Waals surface area contributed by atoms with E-state index in [0.717, 1.165) is 12.8 Å². The number of carbonyl (C=O) groups excluding carboxylic acids is 1. The lowest BCUT2D eigenvalue weighted by Gasteiger charge is -2.10. The summed E-state index contributed by atoms with van der Waals surface area (Å²) >= 11 is 0. The molecule has 0 aliphatic carbocycles. The van der Waals surface area contributed by atoms with E-state index in [9.17, 15) is 13.2 Å². The predicted octanol–water partition coefficient (Wildman–Crippen LogP) is 3.42. The number of benzene rings is 2. The van der Waals surface area contributed by atoms with Gasteiger partial charge < -0.3 is 10.1 Å². The third-order valence-electron chi connectivity index (χ3n) is 3.64. The summed E-state index contributed by atoms with van der Waals surface area (Å²) in [4.78, 5) is 12.2. The Hall–Kier alpha value is -2.54. The molecule has 0 spiro atoms. The van der Waals surface area contributed by atoms with Crippen molar-refractivity contribution in [1.29, 1.82) is 0 Å². The van der Waals surface area contributed by atoms with Crippen LogP contribution < -0.4 is 14.8 Å². The molecule has 0 aliphatic heterocycles. The van der Waals surface area contributed by atoms with Gasteiger partial charge in [-0.3, -0.25) is 9.52 Å². The second kappa shape index (κ2) is 9.24. The van der Waals surface area contributed by atoms with Crippen molar-refractivity contribution in [1.82, 2.24) is 5.32 Å². The first-order chi connectivity index (χ1) is 12.5. The van der Waals surface area contributed by atoms with Gasteiger partial charge in [0.1, 0.15) is 5.75 Å². The van der Waals surface area contributed by atoms with E-state index in [1.807, 2.05) is 13.8 Å². The molecule has 140 valence electrons. The van der Waals surface area contributed by atoms with Gasteiger partial charge in [0.05, 0.1) is 11.5 Å². The molecule has 2 N–H and O–H groups in total. The lowest BCUT2D eigenvalue weighted by atomic mass is 10.2. The molecule has 2 rings (SSSR count). The summed E-state index contributed by atoms with van der Waals surface area (Å²) in [5.74, 6) is 0.387. The van der Waals surface area contributed by atoms with E-state index in [-0.39, 0.29) is 10.8 Å². The molecule has 0 aliphatic rings. The molecule has 0 unspecified atom stereocenters. The maximum absolute atomic E-state index is 12.5. The summed E-state index contributed by atoms with van der Waals surface area (Å²) in [6.45, 7) is 5.01. The number of sulfonamides is 1. The van der Waals surface area contributed by atoms with Crippen LogP contribution in [0.25, 0.3) is 0 Å². The number of rotatable bonds is 9. The van der Waals surface area contributed by atoms with Crippen LogP contribution in [0.3, 0.4) is 0 Å². The number of nitrogens with one attached hydrogen (secondary N) is 2. The number of hydrogen-bond donors (Lipinski definition) is 2. The fourth-order valence-corrected chi connectivity index (χ4v) is 3.35. The molecular formula is C19H24N2O4S. The van der Waals surface area contributed by atoms with E-state index in [2.05, 4.69) is 10.0 Å². The minimum absolute atomic E-state index is 0.124. The summed E-state index contributed by atoms with van der Waals surface area (Å²) < 4.78 is 32.8. The molecule has 0 atom stereocenters. The molecule has 0 aromatic heterocycles. The van der Waals surface area contributed by atoms with Crippen LogP contribution in [0, 0.1) is 0 Å². The molecule has 0 fully saturated rings. The SMILES string of the molecule is CCCCNC(=O)c1cccc(NS(=O)(=O)c2ccc(OCC)cc2)c1. The average molecular weight is 376 g/mol. The van der Waals surface area contributed by atoms with Crippen molar-refractivity contribution in [3.63, 3.8) is 0 Å². The van der Waals surface area contributed by atoms with Gasteiger partial charge in [-0.25, -0.2) is 8.42 Å². The van der Waals surface area contributed by atoms with Crippen molar-refractivity contribution >= 4 is 21.6 Å². The second-order valence-corrected chi connectivity index (χ2v) is 7.38. The van der Waals surface area contributed by atoms with Crippen LogP contribution in [0.4, 0.5) is 5.69 Å². The van der Waals surface area contributed by atoms with Crippen LogP contribution in [0.5, 0.6) is 5.75 Å². The fraction of sp³-hybridized carbons (Fsp3) is 0.316. The zero-order chi connectivity index (χ0) is 19.0. The largest absolute Gasteiger partial charge is 0.494 e. The highest BCUT2D eigenvalue weighted by Gasteiger charge is 2.15. The van der Waals surface area contributed by atoms with Gasteiger partial charge in [0.25, 0.3) is 15.9 Å². The molecule has 0 radical (unpaired) electrons. The summed E-state index contributed by atoms with van der Waals surface area (Å²) in [5.41, 5.74) is 0.745. The Morgan fingerprint density at radius 2 is 1.81 bits per heavy atom. The van der Waals surface area contributed by atoms with Crippen LogP contribution >= 0.6 is 0 Å². The Morgan fingerprint density at radius 3 is 2.46 bits per heavy atom. The first-order valence-corrected chi connectivity index (χ1v) is 10.1. The highest BCUT2D eigenvalue weighted by molar-refractivity contribution is 7.92. The van der Waals surface area contributed by atoms with Crippen LogP contribution in [0.15, 0.2) is 53.4 Å². The highest BCUT2D eigenvalue weighted by Crippen LogP contribution is 2.20. The summed E-state index contributed by atoms with van der Waals surface area (Å²) in [6.07, 6.45) is 1.89. The first kappa shape index (κ1) is 19.8. The van der Waals surface area contributed by atoms with Crippen LogP contribution in [0.2, 0.25) is 0 Å². The first-order valence-electron chi connectivity index (χ1n) is 8.60. The number of ether oxygens (including phenoxy) is 1. The maximum atomic E-state index is 12.5. The molecule has 7 heteroatoms. The van der Waals surface area contributed by atoms with E-state index < -0.39 is 10.0 Å². The molecular weight excluding hydrogens is 352 g/mol. The normalized spacial score (nSPS) is 11.0. The number of unbranched alkanes of at least 4 members (excludes halogenated alkanes) is 1. The Balaban J connectivity index is 2.11. The van der Waals surface area contributed by atoms with E-state index in [1.165, 1.54) is 18.2 Å². The number of carbonyl (C=O) groups is 1. The van der Waals surface area contributed by atoms with Gasteiger partial charge in [-0.1, -0.05) is 19.4 Å². The monoisotopic (exact) mass is 376 g/mol. The van der Waals surface area contributed by atoms with E-state index in [4.69, 9.17) is 4.74 Å². The highest BCUT2D eigenvalue weighted by atomic mass is 32.2. The van der Waals surface area contributed by atoms with Crippen molar-refractivity contribution in [3.05, 3.63) is 54.1 Å². The van der Waals surface area contributed by atoms with E-state index in [0.29, 0.717) is 30.2 Å². The minimum Gasteiger partial charge on any atom is -0.494 e. The van der Waals surface area contributed by atoms with Crippen molar-refractivity contribution in [2.75, 3.05) is 17.9 Å². The van der Waals surface area contributed by atoms with Crippen molar-refractivity contribution in [2.45, 2.75) is 31.6 Å². The topological polar surface area (TPSA) is 84.5 Å². The minimum atomic E-state index is -3.75. The summed E-state index contributed by atoms with van der Waals surface area (Å²) in [6, 6.07) is 12.6. The maximum Gasteiger partial charge on any atom is 0.261 e. The van der Waals surface area contributed by atoms with Gasteiger partial charge in [0.15, 0.2) is 0 Å². The molecule has 6 nitrogen and oxygen atoms in total. The van der Waals surface area contributed by atoms with Crippen molar-refractivity contribution in [3.8, 4) is 5.75 Å². The lowest BCUT2D eigenvalue weighted by Crippen LogP contribution is -2.24. The van der Waals surface area contributed by atoms with Gasteiger partial charge in [-0.05, 0) is 55.8 Å². The smallest absolute Gasteiger partial charge is 0.261 e. The Morgan fingerprint density at radius 1 is 1.08 bits per heavy atom. The number of hydrogen-bond acceptors (Lipinski definition) is 4. The Bertz CT molecular complexity index is 833. The Kier molecular flexibility index (Phi) is 7.03. The van der Waals surface area contributed by atoms with Crippen molar-refractivity contribution in [2.24, 2.45) is 0 Å². The van der Waals surface area contributed by atoms with Gasteiger partial charge in [-0.2, -0.15) is 0 Å². The van der Waals surface area contributed by atoms with Gasteiger partial charge >= 0.3 is 0 Å². The standard InChI is InChI=1S/C19H24N2O4S/c1-3-5-13-20-19(22)15-7-6-8-16(14-15)21-26(23,24)18-11-9-17(10-12-18)25-4-2/h6-12,14,21H,3-5,13H2,1-2H3,(H,20,22). The zero-order valence-corrected chi connectivity index (χ0v) is 15.8. The predicted molar refractivity (Wildman–Crippen MR) is 102 cm³/mol. The molecule has 2 aromatic carbocycles. The lowest BCUT2D eigenvalue weighted by molar-refractivity contribution is 0.0953. The second-order valence-electron chi connectivity index (χ2n) is 5.70. The quantitative estimate of drug-likeness (QED) is 0.657. The van der Waals surface area contributed by atoms with Gasteiger partial charge in [0.2, 0.25) is 0 Å². The molecule has 26 heavy (non-hydrogen) atoms. The van der Waals surface area contributed by atoms with Crippen LogP contribution in [0.1, 0.15) is 37.0 Å². The number of anilines is 1. The molecule has 0 saturated heterocycles. The van der Waals surface area contributed by atoms with Crippen LogP contribution in [-0.4, -0.2) is 27.5 Å². The van der Waals surface area contributed by atoms with E-state index >= 15 is 0 Å². The molecule has 0 heterocycles. The third kappa shape index (κ3) is 5.49. The summed E-state index contributed by atoms with van der Waals surface area (Å²) in [7, 11) is -3.75. The molecule has 1 amide bonds. The average Bonchev–Trinajstić information content (AvgIpc) is 2.62. The fourth-order valence-electron chi connectivity index (χ4n) is 2.30. The summed E-state index contributed by atoms with van der Waals surface area (Å²) in [5, 5.41) is 2.81.